The fraction of sp³-hybridized carbons (Fsp3) is 0.238. The number of ether oxygens (including phenoxy) is 4. The Morgan fingerprint density at radius 1 is 0.897 bits per heavy atom. The standard InChI is InChI=1S/C21H20O8/c1-26-18-7-13(8-19(27-2)21(18)28-3)5-4-6-29-12-17(24)20(25)14-9-15(22)11-16(23)10-14/h7-11,22-23H,6,12H2,1-3H3. The molecule has 8 nitrogen and oxygen atoms in total. The molecule has 0 spiro atoms. The number of carbonyl (C=O) groups is 2. The van der Waals surface area contributed by atoms with Gasteiger partial charge in [0, 0.05) is 17.2 Å². The van der Waals surface area contributed by atoms with E-state index in [0.29, 0.717) is 22.8 Å². The average Bonchev–Trinajstić information content (AvgIpc) is 2.71. The van der Waals surface area contributed by atoms with Crippen LogP contribution in [0.5, 0.6) is 28.7 Å². The van der Waals surface area contributed by atoms with Gasteiger partial charge in [-0.15, -0.1) is 0 Å². The Labute approximate surface area is 167 Å². The molecule has 0 saturated carbocycles. The quantitative estimate of drug-likeness (QED) is 0.299. The van der Waals surface area contributed by atoms with Crippen molar-refractivity contribution >= 4 is 11.6 Å². The molecule has 0 aliphatic rings. The molecule has 0 aromatic heterocycles. The van der Waals surface area contributed by atoms with Gasteiger partial charge in [-0.3, -0.25) is 9.59 Å². The number of phenolic OH excluding ortho intramolecular Hbond substituents is 2. The molecule has 0 aliphatic carbocycles. The monoisotopic (exact) mass is 400 g/mol. The van der Waals surface area contributed by atoms with E-state index >= 15 is 0 Å². The minimum absolute atomic E-state index is 0.0963. The molecule has 0 unspecified atom stereocenters. The van der Waals surface area contributed by atoms with Gasteiger partial charge in [-0.25, -0.2) is 0 Å². The number of carbonyl (C=O) groups excluding carboxylic acids is 2. The maximum Gasteiger partial charge on any atom is 0.231 e. The van der Waals surface area contributed by atoms with Crippen molar-refractivity contribution in [2.24, 2.45) is 0 Å². The Bertz CT molecular complexity index is 923. The zero-order valence-corrected chi connectivity index (χ0v) is 16.1. The molecule has 2 aromatic rings. The van der Waals surface area contributed by atoms with Crippen molar-refractivity contribution in [3.05, 3.63) is 41.5 Å². The molecule has 29 heavy (non-hydrogen) atoms. The predicted octanol–water partition coefficient (Wildman–Crippen LogP) is 1.94. The summed E-state index contributed by atoms with van der Waals surface area (Å²) in [4.78, 5) is 23.9. The van der Waals surface area contributed by atoms with Crippen molar-refractivity contribution in [1.29, 1.82) is 0 Å². The summed E-state index contributed by atoms with van der Waals surface area (Å²) in [5.74, 6) is 4.56. The lowest BCUT2D eigenvalue weighted by molar-refractivity contribution is -0.118. The molecule has 0 fully saturated rings. The highest BCUT2D eigenvalue weighted by Crippen LogP contribution is 2.37. The number of hydrogen-bond acceptors (Lipinski definition) is 8. The van der Waals surface area contributed by atoms with Crippen LogP contribution in [0.2, 0.25) is 0 Å². The highest BCUT2D eigenvalue weighted by molar-refractivity contribution is 6.44. The molecule has 0 atom stereocenters. The van der Waals surface area contributed by atoms with Crippen LogP contribution >= 0.6 is 0 Å². The summed E-state index contributed by atoms with van der Waals surface area (Å²) in [5, 5.41) is 18.8. The summed E-state index contributed by atoms with van der Waals surface area (Å²) in [5.41, 5.74) is 0.459. The van der Waals surface area contributed by atoms with Crippen LogP contribution in [-0.2, 0) is 9.53 Å². The van der Waals surface area contributed by atoms with Gasteiger partial charge in [0.25, 0.3) is 0 Å². The highest BCUT2D eigenvalue weighted by Gasteiger charge is 2.17. The topological polar surface area (TPSA) is 112 Å². The van der Waals surface area contributed by atoms with Crippen molar-refractivity contribution in [2.75, 3.05) is 34.5 Å². The van der Waals surface area contributed by atoms with E-state index in [1.54, 1.807) is 12.1 Å². The summed E-state index contributed by atoms with van der Waals surface area (Å²) in [6.07, 6.45) is 0. The molecular formula is C21H20O8. The predicted molar refractivity (Wildman–Crippen MR) is 103 cm³/mol. The third-order valence-electron chi connectivity index (χ3n) is 3.72. The lowest BCUT2D eigenvalue weighted by Gasteiger charge is -2.12. The van der Waals surface area contributed by atoms with Gasteiger partial charge in [0.15, 0.2) is 11.5 Å². The second kappa shape index (κ2) is 10.0. The number of Topliss-reactive ketones (excluding diaryl/α,β-unsaturated/α-hetero) is 2. The van der Waals surface area contributed by atoms with Crippen molar-refractivity contribution in [1.82, 2.24) is 0 Å². The largest absolute Gasteiger partial charge is 0.508 e. The normalized spacial score (nSPS) is 9.90. The fourth-order valence-corrected chi connectivity index (χ4v) is 2.44. The third kappa shape index (κ3) is 5.64. The minimum Gasteiger partial charge on any atom is -0.508 e. The Morgan fingerprint density at radius 3 is 2.00 bits per heavy atom. The van der Waals surface area contributed by atoms with E-state index in [1.165, 1.54) is 21.3 Å². The molecule has 0 aliphatic heterocycles. The zero-order valence-electron chi connectivity index (χ0n) is 16.1. The van der Waals surface area contributed by atoms with Crippen molar-refractivity contribution < 1.29 is 38.7 Å². The summed E-state index contributed by atoms with van der Waals surface area (Å²) in [6.45, 7) is -0.583. The molecule has 8 heteroatoms. The molecule has 2 N–H and O–H groups in total. The smallest absolute Gasteiger partial charge is 0.231 e. The van der Waals surface area contributed by atoms with Crippen LogP contribution in [0.25, 0.3) is 0 Å². The molecular weight excluding hydrogens is 380 g/mol. The van der Waals surface area contributed by atoms with Crippen LogP contribution in [0.3, 0.4) is 0 Å². The average molecular weight is 400 g/mol. The van der Waals surface area contributed by atoms with Gasteiger partial charge in [-0.1, -0.05) is 11.8 Å². The van der Waals surface area contributed by atoms with Crippen LogP contribution in [0.15, 0.2) is 30.3 Å². The second-order valence-electron chi connectivity index (χ2n) is 5.70. The molecule has 0 saturated heterocycles. The van der Waals surface area contributed by atoms with Crippen LogP contribution in [0.4, 0.5) is 0 Å². The fourth-order valence-electron chi connectivity index (χ4n) is 2.44. The Hall–Kier alpha value is -3.70. The van der Waals surface area contributed by atoms with E-state index in [0.717, 1.165) is 18.2 Å². The van der Waals surface area contributed by atoms with E-state index in [2.05, 4.69) is 11.8 Å². The van der Waals surface area contributed by atoms with Crippen LogP contribution in [0, 0.1) is 11.8 Å². The summed E-state index contributed by atoms with van der Waals surface area (Å²) < 4.78 is 20.8. The summed E-state index contributed by atoms with van der Waals surface area (Å²) >= 11 is 0. The van der Waals surface area contributed by atoms with Gasteiger partial charge in [0.05, 0.1) is 21.3 Å². The van der Waals surface area contributed by atoms with E-state index in [1.807, 2.05) is 0 Å². The number of benzene rings is 2. The number of methoxy groups -OCH3 is 3. The maximum atomic E-state index is 12.0. The minimum atomic E-state index is -0.881. The van der Waals surface area contributed by atoms with Gasteiger partial charge in [0.2, 0.25) is 17.3 Å². The van der Waals surface area contributed by atoms with E-state index < -0.39 is 18.2 Å². The molecule has 2 rings (SSSR count). The van der Waals surface area contributed by atoms with Gasteiger partial charge < -0.3 is 29.2 Å². The first-order valence-electron chi connectivity index (χ1n) is 8.36. The van der Waals surface area contributed by atoms with Gasteiger partial charge >= 0.3 is 0 Å². The second-order valence-corrected chi connectivity index (χ2v) is 5.70. The SMILES string of the molecule is COc1cc(C#CCOCC(=O)C(=O)c2cc(O)cc(O)c2)cc(OC)c1OC. The van der Waals surface area contributed by atoms with Crippen molar-refractivity contribution in [2.45, 2.75) is 0 Å². The lowest BCUT2D eigenvalue weighted by atomic mass is 10.1. The number of ketones is 2. The Morgan fingerprint density at radius 2 is 1.48 bits per heavy atom. The van der Waals surface area contributed by atoms with E-state index in [9.17, 15) is 19.8 Å². The lowest BCUT2D eigenvalue weighted by Crippen LogP contribution is -2.20. The van der Waals surface area contributed by atoms with E-state index in [-0.39, 0.29) is 23.7 Å². The number of aromatic hydroxyl groups is 2. The molecule has 0 amide bonds. The number of phenols is 2. The molecule has 0 radical (unpaired) electrons. The molecule has 152 valence electrons. The van der Waals surface area contributed by atoms with Gasteiger partial charge in [-0.05, 0) is 24.3 Å². The molecule has 0 heterocycles. The first-order chi connectivity index (χ1) is 13.9. The number of rotatable bonds is 8. The third-order valence-corrected chi connectivity index (χ3v) is 3.72. The van der Waals surface area contributed by atoms with Crippen LogP contribution in [0.1, 0.15) is 15.9 Å². The maximum absolute atomic E-state index is 12.0. The molecule has 2 aromatic carbocycles. The summed E-state index contributed by atoms with van der Waals surface area (Å²) in [7, 11) is 4.48. The van der Waals surface area contributed by atoms with Crippen LogP contribution in [-0.4, -0.2) is 56.3 Å². The summed E-state index contributed by atoms with van der Waals surface area (Å²) in [6, 6.07) is 6.56. The Kier molecular flexibility index (Phi) is 7.46. The van der Waals surface area contributed by atoms with Gasteiger partial charge in [0.1, 0.15) is 24.7 Å². The van der Waals surface area contributed by atoms with Crippen molar-refractivity contribution in [3.8, 4) is 40.6 Å². The molecule has 0 bridgehead atoms. The van der Waals surface area contributed by atoms with Crippen molar-refractivity contribution in [3.63, 3.8) is 0 Å². The zero-order chi connectivity index (χ0) is 21.4. The first kappa shape index (κ1) is 21.6. The first-order valence-corrected chi connectivity index (χ1v) is 8.36. The number of hydrogen-bond donors (Lipinski definition) is 2. The van der Waals surface area contributed by atoms with E-state index in [4.69, 9.17) is 18.9 Å². The Balaban J connectivity index is 1.97. The highest BCUT2D eigenvalue weighted by atomic mass is 16.5. The van der Waals surface area contributed by atoms with Crippen LogP contribution < -0.4 is 14.2 Å². The van der Waals surface area contributed by atoms with Gasteiger partial charge in [-0.2, -0.15) is 0 Å².